The van der Waals surface area contributed by atoms with Gasteiger partial charge in [-0.1, -0.05) is 138 Å². The minimum Gasteiger partial charge on any atom is -0.500 e. The Morgan fingerprint density at radius 1 is 0.528 bits per heavy atom. The van der Waals surface area contributed by atoms with Gasteiger partial charge < -0.3 is 67.6 Å². The van der Waals surface area contributed by atoms with Gasteiger partial charge in [0.05, 0.1) is 135 Å². The Bertz CT molecular complexity index is 7290. The van der Waals surface area contributed by atoms with Gasteiger partial charge in [-0.3, -0.25) is 23.7 Å². The van der Waals surface area contributed by atoms with E-state index >= 15 is 0 Å². The number of carbonyl (C=O) groups is 7. The molecule has 22 rings (SSSR count). The van der Waals surface area contributed by atoms with Crippen molar-refractivity contribution in [1.82, 2.24) is 40.0 Å². The number of para-hydroxylation sites is 1. The minimum atomic E-state index is -5.43. The average molecular weight is 2300 g/mol. The maximum absolute atomic E-state index is 13.5. The zero-order valence-electron chi connectivity index (χ0n) is 76.0. The number of furan rings is 2. The fourth-order valence-corrected chi connectivity index (χ4v) is 20.3. The number of hydrogen-bond donors (Lipinski definition) is 4. The second-order valence-corrected chi connectivity index (χ2v) is 43.9. The summed E-state index contributed by atoms with van der Waals surface area (Å²) >= 11 is 20.5. The number of carbonyl (C=O) groups excluding carboxylic acids is 7. The van der Waals surface area contributed by atoms with E-state index in [1.807, 2.05) is 140 Å². The van der Waals surface area contributed by atoms with Crippen molar-refractivity contribution in [2.45, 2.75) is 85.2 Å². The molecule has 752 valence electrons. The fourth-order valence-electron chi connectivity index (χ4n) is 13.4. The number of carboxylic acid groups (broad SMARTS) is 1. The van der Waals surface area contributed by atoms with Gasteiger partial charge in [0, 0.05) is 123 Å². The zero-order valence-corrected chi connectivity index (χ0v) is 84.6. The van der Waals surface area contributed by atoms with Crippen molar-refractivity contribution in [3.63, 3.8) is 0 Å². The summed E-state index contributed by atoms with van der Waals surface area (Å²) in [5.41, 5.74) is 16.4. The summed E-state index contributed by atoms with van der Waals surface area (Å²) in [6, 6.07) is 49.0. The molecule has 0 radical (unpaired) electrons. The maximum Gasteiger partial charge on any atom is 0.454 e. The molecule has 0 aliphatic carbocycles. The SMILES string of the molecule is C1=COCC1.CC(=O)[O][Pb]([O]C(C)=O)([O]C(C)=O)[O]C(C)=O.Clc1nc2c(c3ccccc13)OCC2.Clc1nc2ccoc2c2ccccc12.Fc1nc2c(c3ccccc13)OCC2.Nn1nnc2ccccc21.O=C(C1=COCC1)C(F)(F)F.O=C(O)C1=COCC1.O=C=NC1=COCC1.O=P(Cl)(Cl)Cl.O=c1[nH]c2c(c3ccccc13)OCC2.O=c1[nH]c2ccoc2c2ccccc12.[N-]=[N+]=NC(=O)C1=COCC1. The molecule has 0 saturated heterocycles. The molecule has 50 heteroatoms. The Morgan fingerprint density at radius 3 is 1.47 bits per heavy atom. The van der Waals surface area contributed by atoms with Crippen molar-refractivity contribution in [3.8, 4) is 17.2 Å². The number of aromatic amines is 2. The first-order valence-corrected chi connectivity index (χ1v) is 54.1. The van der Waals surface area contributed by atoms with Crippen LogP contribution in [0.4, 0.5) is 17.6 Å². The summed E-state index contributed by atoms with van der Waals surface area (Å²) in [5.74, 6) is 0.800. The Kier molecular flexibility index (Phi) is 41.9. The second kappa shape index (κ2) is 54.3. The van der Waals surface area contributed by atoms with Crippen molar-refractivity contribution >= 4 is 220 Å². The van der Waals surface area contributed by atoms with E-state index in [0.717, 1.165) is 172 Å². The summed E-state index contributed by atoms with van der Waals surface area (Å²) in [4.78, 5) is 132. The van der Waals surface area contributed by atoms with Crippen molar-refractivity contribution < 1.29 is 123 Å². The Balaban J connectivity index is 0.000000162. The third-order valence-electron chi connectivity index (χ3n) is 19.4. The number of carboxylic acids is 1. The Morgan fingerprint density at radius 2 is 0.972 bits per heavy atom. The van der Waals surface area contributed by atoms with Crippen LogP contribution in [0.3, 0.4) is 0 Å². The van der Waals surface area contributed by atoms with Crippen LogP contribution in [0.1, 0.15) is 76.9 Å². The Labute approximate surface area is 842 Å². The number of alkyl halides is 3. The van der Waals surface area contributed by atoms with Gasteiger partial charge in [0.2, 0.25) is 17.9 Å². The number of Topliss-reactive ketones (excluding diaryl/α,β-unsaturated/α-hetero) is 1. The number of fused-ring (bicyclic) bond motifs is 16. The average Bonchev–Trinajstić information content (AvgIpc) is 1.54. The van der Waals surface area contributed by atoms with E-state index in [9.17, 15) is 70.1 Å². The van der Waals surface area contributed by atoms with E-state index < -0.39 is 81.8 Å². The van der Waals surface area contributed by atoms with Crippen molar-refractivity contribution in [1.29, 1.82) is 0 Å². The number of aliphatic carboxylic acids is 1. The first-order chi connectivity index (χ1) is 68.9. The standard InChI is InChI=1S/C11H8ClNO.C11H6ClNO.C11H8FNO.C11H9NO2.C11H7NO2.C6H5F3O2.C6H6N4.C5H5N3O2.C5H5NO2.C5H6O3.C4H6O.4C2H4O2.Cl3OP.Pb/c3*12-11-8-4-2-1-3-7(8)10-9(13-11)5-6-14-10;2*13-11-8-4-2-1-3-7(8)10-9(12-11)5-6-14-10;7-6(8,9)5(10)4-1-2-11-3-4;7-10-6-4-2-1-3-5(6)8-9-10;6-8-7-5(9)4-1-2-10-3-4;7-4-6-5-1-2-8-3-5;6-5(7)4-1-2-8-3-4;1-2-4-5-3-1;4*1-2(3)4;1-5(2,3)4;/h1-4H,5-6H2;1-6H;1-4H,5-6H2;1-4H,5-6H2,(H,12,13);1-6H,(H,12,13);3H,1-2H2;1-4H,7H2;3H,1-2H2;3H,1-2H2;3H,1-2H2,(H,6,7);1,3H,2,4H2;4*1H3,(H,3,4);;/q;;;;;;;;;;;;;;;;+4/p-4. The number of benzene rings is 6. The molecule has 8 aliphatic rings. The molecule has 144 heavy (non-hydrogen) atoms. The van der Waals surface area contributed by atoms with Crippen LogP contribution in [0.5, 0.6) is 17.2 Å². The van der Waals surface area contributed by atoms with Gasteiger partial charge in [-0.25, -0.2) is 24.5 Å². The molecule has 14 aromatic rings. The molecule has 0 atom stereocenters. The number of nitrogens with zero attached hydrogens (tertiary/aromatic N) is 10. The van der Waals surface area contributed by atoms with E-state index in [0.29, 0.717) is 102 Å². The van der Waals surface area contributed by atoms with E-state index in [2.05, 4.69) is 104 Å². The van der Waals surface area contributed by atoms with Crippen molar-refractivity contribution in [3.05, 3.63) is 295 Å². The third-order valence-corrected chi connectivity index (χ3v) is 28.3. The number of azide groups is 1. The predicted molar refractivity (Wildman–Crippen MR) is 522 cm³/mol. The molecule has 1 amide bonds. The largest absolute Gasteiger partial charge is 0.500 e. The van der Waals surface area contributed by atoms with E-state index in [1.165, 1.54) is 29.7 Å². The van der Waals surface area contributed by atoms with Crippen LogP contribution in [0, 0.1) is 5.95 Å². The van der Waals surface area contributed by atoms with Crippen LogP contribution < -0.4 is 31.2 Å². The second-order valence-electron chi connectivity index (χ2n) is 29.5. The van der Waals surface area contributed by atoms with Crippen LogP contribution in [-0.4, -0.2) is 175 Å². The number of aliphatic imine (C=N–C) groups is 1. The van der Waals surface area contributed by atoms with Crippen LogP contribution >= 0.6 is 62.1 Å². The molecule has 8 aliphatic heterocycles. The number of nitrogen functional groups attached to an aromatic ring is 1. The van der Waals surface area contributed by atoms with Crippen LogP contribution in [0.15, 0.2) is 259 Å². The minimum absolute atomic E-state index is 0.0233. The molecule has 0 saturated carbocycles. The molecular weight excluding hydrogens is 2220 g/mol. The quantitative estimate of drug-likeness (QED) is 0.0105. The summed E-state index contributed by atoms with van der Waals surface area (Å²) < 4.78 is 127. The summed E-state index contributed by atoms with van der Waals surface area (Å²) in [7, 11) is 0. The smallest absolute Gasteiger partial charge is 0.454 e. The van der Waals surface area contributed by atoms with Gasteiger partial charge in [-0.15, -0.1) is 5.10 Å². The number of nitrogens with one attached hydrogen (secondary N) is 2. The molecular formula is C94H83Cl5F4N13O26PPb. The number of halogens is 9. The zero-order chi connectivity index (χ0) is 104. The summed E-state index contributed by atoms with van der Waals surface area (Å²) in [5, 5.41) is 25.0. The van der Waals surface area contributed by atoms with Gasteiger partial charge in [0.15, 0.2) is 11.2 Å². The number of rotatable bonds is 8. The summed E-state index contributed by atoms with van der Waals surface area (Å²) in [6.45, 7) is 8.72. The molecule has 0 unspecified atom stereocenters. The topological polar surface area (TPSA) is 533 Å². The maximum atomic E-state index is 13.5. The van der Waals surface area contributed by atoms with Gasteiger partial charge in [-0.2, -0.15) is 27.3 Å². The molecule has 8 aromatic heterocycles. The van der Waals surface area contributed by atoms with Gasteiger partial charge in [0.1, 0.15) is 50.4 Å². The number of hydrogen-bond acceptors (Lipinski definition) is 32. The van der Waals surface area contributed by atoms with E-state index in [1.54, 1.807) is 43.1 Å². The van der Waals surface area contributed by atoms with Gasteiger partial charge in [-0.05, 0) is 86.0 Å². The normalized spacial score (nSPS) is 13.5. The molecule has 16 heterocycles. The van der Waals surface area contributed by atoms with Crippen LogP contribution in [-0.2, 0) is 96.6 Å². The predicted octanol–water partition coefficient (Wildman–Crippen LogP) is 19.6. The third kappa shape index (κ3) is 33.1. The van der Waals surface area contributed by atoms with Crippen LogP contribution in [0.25, 0.3) is 97.5 Å². The van der Waals surface area contributed by atoms with E-state index in [4.69, 9.17) is 76.9 Å². The molecule has 0 fully saturated rings. The molecule has 0 bridgehead atoms. The molecule has 5 N–H and O–H groups in total. The number of ether oxygens (including phenoxy) is 8. The molecule has 0 spiro atoms. The van der Waals surface area contributed by atoms with Crippen molar-refractivity contribution in [2.75, 3.05) is 58.7 Å². The van der Waals surface area contributed by atoms with Crippen molar-refractivity contribution in [2.24, 2.45) is 10.1 Å². The molecule has 6 aromatic carbocycles. The number of aromatic nitrogens is 8. The fraction of sp³-hybridized carbons (Fsp3) is 0.223. The first-order valence-electron chi connectivity index (χ1n) is 42.5. The van der Waals surface area contributed by atoms with E-state index in [-0.39, 0.29) is 29.7 Å². The number of H-pyrrole nitrogens is 2. The van der Waals surface area contributed by atoms with Crippen LogP contribution in [0.2, 0.25) is 10.3 Å². The summed E-state index contributed by atoms with van der Waals surface area (Å²) in [6.07, 6.45) is 13.9. The molecule has 39 nitrogen and oxygen atoms in total. The number of nitrogens with two attached hydrogens (primary N) is 1. The number of isocyanates is 1. The van der Waals surface area contributed by atoms with Gasteiger partial charge in [0.25, 0.3) is 16.9 Å². The Hall–Kier alpha value is -14.9. The number of ketones is 1. The number of amides is 1. The van der Waals surface area contributed by atoms with Gasteiger partial charge >= 0.3 is 122 Å². The number of pyridine rings is 5. The first kappa shape index (κ1) is 111. The monoisotopic (exact) mass is 2300 g/mol.